The van der Waals surface area contributed by atoms with Crippen LogP contribution in [0.1, 0.15) is 41.0 Å². The molecule has 21 heavy (non-hydrogen) atoms. The Labute approximate surface area is 128 Å². The van der Waals surface area contributed by atoms with Crippen LogP contribution >= 0.6 is 0 Å². The van der Waals surface area contributed by atoms with E-state index in [4.69, 9.17) is 4.99 Å². The van der Waals surface area contributed by atoms with Crippen molar-refractivity contribution in [2.45, 2.75) is 53.1 Å². The van der Waals surface area contributed by atoms with E-state index < -0.39 is 0 Å². The summed E-state index contributed by atoms with van der Waals surface area (Å²) in [6, 6.07) is 0. The molecule has 1 N–H and O–H groups in total. The molecule has 0 aliphatic carbocycles. The Morgan fingerprint density at radius 1 is 1.33 bits per heavy atom. The van der Waals surface area contributed by atoms with E-state index in [1.807, 2.05) is 18.7 Å². The summed E-state index contributed by atoms with van der Waals surface area (Å²) in [6.45, 7) is 15.2. The van der Waals surface area contributed by atoms with Crippen molar-refractivity contribution in [3.05, 3.63) is 18.7 Å². The maximum Gasteiger partial charge on any atom is 0.194 e. The van der Waals surface area contributed by atoms with Crippen molar-refractivity contribution < 1.29 is 0 Å². The lowest BCUT2D eigenvalue weighted by Crippen LogP contribution is -2.72. The Balaban J connectivity index is 1.91. The molecule has 1 aliphatic rings. The molecule has 0 amide bonds. The third-order valence-electron chi connectivity index (χ3n) is 4.87. The second-order valence-corrected chi connectivity index (χ2v) is 6.92. The Hall–Kier alpha value is -1.52. The number of guanidine groups is 1. The Kier molecular flexibility index (Phi) is 4.59. The van der Waals surface area contributed by atoms with Crippen LogP contribution in [0.25, 0.3) is 0 Å². The third kappa shape index (κ3) is 3.22. The van der Waals surface area contributed by atoms with Gasteiger partial charge >= 0.3 is 0 Å². The van der Waals surface area contributed by atoms with Gasteiger partial charge in [-0.3, -0.25) is 4.99 Å². The highest BCUT2D eigenvalue weighted by Crippen LogP contribution is 2.46. The summed E-state index contributed by atoms with van der Waals surface area (Å²) in [5.74, 6) is 1.05. The molecule has 0 radical (unpaired) electrons. The lowest BCUT2D eigenvalue weighted by Gasteiger charge is -2.62. The Morgan fingerprint density at radius 3 is 2.62 bits per heavy atom. The van der Waals surface area contributed by atoms with Crippen LogP contribution in [0, 0.1) is 5.41 Å². The normalized spacial score (nSPS) is 20.2. The molecular formula is C16H29N5. The molecule has 0 saturated carbocycles. The lowest BCUT2D eigenvalue weighted by molar-refractivity contribution is -0.0667. The predicted molar refractivity (Wildman–Crippen MR) is 87.4 cm³/mol. The minimum absolute atomic E-state index is 0.151. The van der Waals surface area contributed by atoms with Gasteiger partial charge in [-0.05, 0) is 27.2 Å². The molecule has 1 aliphatic heterocycles. The summed E-state index contributed by atoms with van der Waals surface area (Å²) in [4.78, 5) is 11.2. The fourth-order valence-corrected chi connectivity index (χ4v) is 2.65. The van der Waals surface area contributed by atoms with E-state index in [-0.39, 0.29) is 5.54 Å². The second-order valence-electron chi connectivity index (χ2n) is 6.92. The largest absolute Gasteiger partial charge is 0.356 e. The van der Waals surface area contributed by atoms with E-state index >= 15 is 0 Å². The molecule has 5 nitrogen and oxygen atoms in total. The van der Waals surface area contributed by atoms with Gasteiger partial charge in [0.25, 0.3) is 0 Å². The van der Waals surface area contributed by atoms with Crippen LogP contribution in [-0.4, -0.2) is 45.6 Å². The molecule has 1 aromatic rings. The van der Waals surface area contributed by atoms with Crippen molar-refractivity contribution in [3.63, 3.8) is 0 Å². The van der Waals surface area contributed by atoms with Gasteiger partial charge in [0.2, 0.25) is 0 Å². The summed E-state index contributed by atoms with van der Waals surface area (Å²) < 4.78 is 2.10. The van der Waals surface area contributed by atoms with Gasteiger partial charge in [0.1, 0.15) is 0 Å². The summed E-state index contributed by atoms with van der Waals surface area (Å²) in [7, 11) is 0. The average molecular weight is 291 g/mol. The first-order valence-corrected chi connectivity index (χ1v) is 7.90. The van der Waals surface area contributed by atoms with Crippen LogP contribution in [0.3, 0.4) is 0 Å². The maximum absolute atomic E-state index is 4.79. The number of hydrogen-bond acceptors (Lipinski definition) is 2. The van der Waals surface area contributed by atoms with Crippen molar-refractivity contribution in [1.29, 1.82) is 0 Å². The SMILES string of the molecule is CCNC(=NCCCn1ccnc1)N1CC(C)(C)C1(C)C. The molecule has 1 saturated heterocycles. The van der Waals surface area contributed by atoms with E-state index in [9.17, 15) is 0 Å². The van der Waals surface area contributed by atoms with E-state index in [1.54, 1.807) is 0 Å². The van der Waals surface area contributed by atoms with Gasteiger partial charge in [-0.25, -0.2) is 4.98 Å². The molecule has 0 unspecified atom stereocenters. The van der Waals surface area contributed by atoms with Crippen LogP contribution in [0.15, 0.2) is 23.7 Å². The number of likely N-dealkylation sites (tertiary alicyclic amines) is 1. The van der Waals surface area contributed by atoms with Crippen LogP contribution in [-0.2, 0) is 6.54 Å². The van der Waals surface area contributed by atoms with Gasteiger partial charge in [0.15, 0.2) is 5.96 Å². The summed E-state index contributed by atoms with van der Waals surface area (Å²) >= 11 is 0. The molecule has 2 rings (SSSR count). The quantitative estimate of drug-likeness (QED) is 0.514. The standard InChI is InChI=1S/C16H29N5/c1-6-18-14(21-12-15(2,3)16(21,4)5)19-8-7-10-20-11-9-17-13-20/h9,11,13H,6-8,10,12H2,1-5H3,(H,18,19). The highest BCUT2D eigenvalue weighted by molar-refractivity contribution is 5.82. The van der Waals surface area contributed by atoms with Gasteiger partial charge < -0.3 is 14.8 Å². The molecule has 118 valence electrons. The topological polar surface area (TPSA) is 45.5 Å². The molecule has 2 heterocycles. The highest BCUT2D eigenvalue weighted by Gasteiger charge is 2.53. The first-order chi connectivity index (χ1) is 9.88. The van der Waals surface area contributed by atoms with E-state index in [2.05, 4.69) is 54.4 Å². The number of aromatic nitrogens is 2. The number of hydrogen-bond donors (Lipinski definition) is 1. The molecular weight excluding hydrogens is 262 g/mol. The van der Waals surface area contributed by atoms with E-state index in [0.717, 1.165) is 38.6 Å². The minimum atomic E-state index is 0.151. The molecule has 1 aromatic heterocycles. The van der Waals surface area contributed by atoms with Crippen LogP contribution < -0.4 is 5.32 Å². The third-order valence-corrected chi connectivity index (χ3v) is 4.87. The number of aliphatic imine (C=N–C) groups is 1. The Bertz CT molecular complexity index is 473. The van der Waals surface area contributed by atoms with Crippen molar-refractivity contribution in [2.75, 3.05) is 19.6 Å². The van der Waals surface area contributed by atoms with Gasteiger partial charge in [-0.15, -0.1) is 0 Å². The molecule has 5 heteroatoms. The molecule has 0 bridgehead atoms. The fraction of sp³-hybridized carbons (Fsp3) is 0.750. The fourth-order valence-electron chi connectivity index (χ4n) is 2.65. The zero-order valence-electron chi connectivity index (χ0n) is 14.1. The van der Waals surface area contributed by atoms with Gasteiger partial charge in [0, 0.05) is 49.5 Å². The summed E-state index contributed by atoms with van der Waals surface area (Å²) in [5, 5.41) is 3.43. The first kappa shape index (κ1) is 15.9. The molecule has 0 aromatic carbocycles. The first-order valence-electron chi connectivity index (χ1n) is 7.90. The molecule has 0 spiro atoms. The van der Waals surface area contributed by atoms with Crippen molar-refractivity contribution >= 4 is 5.96 Å². The second kappa shape index (κ2) is 6.08. The van der Waals surface area contributed by atoms with Gasteiger partial charge in [-0.2, -0.15) is 0 Å². The van der Waals surface area contributed by atoms with E-state index in [1.165, 1.54) is 0 Å². The molecule has 1 fully saturated rings. The minimum Gasteiger partial charge on any atom is -0.356 e. The Morgan fingerprint density at radius 2 is 2.10 bits per heavy atom. The number of imidazole rings is 1. The van der Waals surface area contributed by atoms with Crippen molar-refractivity contribution in [3.8, 4) is 0 Å². The van der Waals surface area contributed by atoms with Crippen LogP contribution in [0.5, 0.6) is 0 Å². The molecule has 0 atom stereocenters. The van der Waals surface area contributed by atoms with E-state index in [0.29, 0.717) is 5.41 Å². The van der Waals surface area contributed by atoms with Crippen LogP contribution in [0.4, 0.5) is 0 Å². The smallest absolute Gasteiger partial charge is 0.194 e. The predicted octanol–water partition coefficient (Wildman–Crippen LogP) is 2.36. The average Bonchev–Trinajstić information content (AvgIpc) is 2.93. The zero-order chi connectivity index (χ0) is 15.5. The number of rotatable bonds is 5. The van der Waals surface area contributed by atoms with Crippen molar-refractivity contribution in [2.24, 2.45) is 10.4 Å². The van der Waals surface area contributed by atoms with Gasteiger partial charge in [-0.1, -0.05) is 13.8 Å². The van der Waals surface area contributed by atoms with Gasteiger partial charge in [0.05, 0.1) is 6.33 Å². The monoisotopic (exact) mass is 291 g/mol. The number of aryl methyl sites for hydroxylation is 1. The van der Waals surface area contributed by atoms with Crippen molar-refractivity contribution in [1.82, 2.24) is 19.8 Å². The summed E-state index contributed by atoms with van der Waals surface area (Å²) in [5.41, 5.74) is 0.484. The zero-order valence-corrected chi connectivity index (χ0v) is 14.1. The summed E-state index contributed by atoms with van der Waals surface area (Å²) in [6.07, 6.45) is 6.70. The van der Waals surface area contributed by atoms with Crippen LogP contribution in [0.2, 0.25) is 0 Å². The highest BCUT2D eigenvalue weighted by atomic mass is 15.4. The number of nitrogens with one attached hydrogen (secondary N) is 1. The lowest BCUT2D eigenvalue weighted by atomic mass is 9.65. The maximum atomic E-state index is 4.79. The number of nitrogens with zero attached hydrogens (tertiary/aromatic N) is 4.